The molecule has 1 fully saturated rings. The molecule has 21 heavy (non-hydrogen) atoms. The lowest BCUT2D eigenvalue weighted by Crippen LogP contribution is -2.58. The third kappa shape index (κ3) is 2.94. The molecule has 0 spiro atoms. The summed E-state index contributed by atoms with van der Waals surface area (Å²) in [6.45, 7) is 3.54. The zero-order valence-corrected chi connectivity index (χ0v) is 11.9. The van der Waals surface area contributed by atoms with Crippen LogP contribution in [0.2, 0.25) is 0 Å². The molecule has 6 heteroatoms. The monoisotopic (exact) mass is 292 g/mol. The largest absolute Gasteiger partial charge is 0.331 e. The molecule has 2 atom stereocenters. The number of carbonyl (C=O) groups excluding carboxylic acids is 3. The van der Waals surface area contributed by atoms with Crippen molar-refractivity contribution in [3.8, 4) is 0 Å². The molecule has 0 saturated carbocycles. The highest BCUT2D eigenvalue weighted by atomic mass is 19.1. The highest BCUT2D eigenvalue weighted by molar-refractivity contribution is 6.16. The van der Waals surface area contributed by atoms with Gasteiger partial charge in [-0.1, -0.05) is 25.5 Å². The average molecular weight is 292 g/mol. The summed E-state index contributed by atoms with van der Waals surface area (Å²) in [4.78, 5) is 37.1. The fourth-order valence-corrected chi connectivity index (χ4v) is 2.43. The van der Waals surface area contributed by atoms with Crippen molar-refractivity contribution >= 4 is 17.8 Å². The van der Waals surface area contributed by atoms with Gasteiger partial charge in [-0.25, -0.2) is 9.18 Å². The van der Waals surface area contributed by atoms with Crippen molar-refractivity contribution in [3.05, 3.63) is 35.6 Å². The van der Waals surface area contributed by atoms with Crippen LogP contribution in [0.15, 0.2) is 24.3 Å². The van der Waals surface area contributed by atoms with Gasteiger partial charge in [-0.05, 0) is 31.0 Å². The van der Waals surface area contributed by atoms with E-state index >= 15 is 0 Å². The van der Waals surface area contributed by atoms with Crippen LogP contribution in [0.3, 0.4) is 0 Å². The second kappa shape index (κ2) is 6.03. The number of carbonyl (C=O) groups is 3. The summed E-state index contributed by atoms with van der Waals surface area (Å²) in [6, 6.07) is 4.29. The summed E-state index contributed by atoms with van der Waals surface area (Å²) >= 11 is 0. The highest BCUT2D eigenvalue weighted by Gasteiger charge is 2.42. The molecular weight excluding hydrogens is 275 g/mol. The van der Waals surface area contributed by atoms with Crippen molar-refractivity contribution in [2.24, 2.45) is 5.92 Å². The van der Waals surface area contributed by atoms with Crippen molar-refractivity contribution in [2.45, 2.75) is 32.7 Å². The average Bonchev–Trinajstić information content (AvgIpc) is 2.44. The van der Waals surface area contributed by atoms with Crippen LogP contribution in [0.25, 0.3) is 0 Å². The van der Waals surface area contributed by atoms with Crippen molar-refractivity contribution < 1.29 is 18.8 Å². The van der Waals surface area contributed by atoms with Gasteiger partial charge in [0.05, 0.1) is 6.04 Å². The number of rotatable bonds is 4. The third-order valence-electron chi connectivity index (χ3n) is 3.62. The normalized spacial score (nSPS) is 20.4. The summed E-state index contributed by atoms with van der Waals surface area (Å²) in [6.07, 6.45) is 1.06. The zero-order valence-electron chi connectivity index (χ0n) is 11.9. The lowest BCUT2D eigenvalue weighted by molar-refractivity contribution is -0.144. The minimum absolute atomic E-state index is 0.389. The summed E-state index contributed by atoms with van der Waals surface area (Å²) in [5, 5.41) is 2.21. The Morgan fingerprint density at radius 2 is 1.86 bits per heavy atom. The van der Waals surface area contributed by atoms with Crippen LogP contribution in [0.5, 0.6) is 0 Å². The molecule has 1 heterocycles. The van der Waals surface area contributed by atoms with Gasteiger partial charge in [-0.3, -0.25) is 19.8 Å². The van der Waals surface area contributed by atoms with E-state index in [0.717, 1.165) is 4.90 Å². The molecule has 5 nitrogen and oxygen atoms in total. The first-order valence-corrected chi connectivity index (χ1v) is 6.89. The van der Waals surface area contributed by atoms with Gasteiger partial charge in [0.25, 0.3) is 0 Å². The number of benzene rings is 1. The molecule has 1 saturated heterocycles. The first kappa shape index (κ1) is 15.2. The molecule has 112 valence electrons. The van der Waals surface area contributed by atoms with Crippen LogP contribution in [0.4, 0.5) is 9.18 Å². The Labute approximate surface area is 122 Å². The first-order valence-electron chi connectivity index (χ1n) is 6.89. The Balaban J connectivity index is 2.27. The van der Waals surface area contributed by atoms with Crippen molar-refractivity contribution in [1.82, 2.24) is 10.2 Å². The number of imide groups is 2. The maximum atomic E-state index is 13.0. The van der Waals surface area contributed by atoms with Gasteiger partial charge in [0, 0.05) is 0 Å². The van der Waals surface area contributed by atoms with E-state index in [9.17, 15) is 18.8 Å². The Morgan fingerprint density at radius 1 is 1.24 bits per heavy atom. The van der Waals surface area contributed by atoms with Crippen LogP contribution in [0, 0.1) is 11.7 Å². The smallest absolute Gasteiger partial charge is 0.277 e. The van der Waals surface area contributed by atoms with Crippen LogP contribution in [-0.4, -0.2) is 22.7 Å². The maximum absolute atomic E-state index is 13.0. The standard InChI is InChI=1S/C15H17FN2O3/c1-3-4-12-13(19)17-15(21)18(14(12)20)9(2)10-5-7-11(16)8-6-10/h5-9,12H,3-4H2,1-2H3,(H,17,19,21). The SMILES string of the molecule is CCCC1C(=O)NC(=O)N(C(C)c2ccc(F)cc2)C1=O. The lowest BCUT2D eigenvalue weighted by Gasteiger charge is -2.34. The predicted molar refractivity (Wildman–Crippen MR) is 73.6 cm³/mol. The molecule has 1 aliphatic rings. The number of urea groups is 1. The third-order valence-corrected chi connectivity index (χ3v) is 3.62. The van der Waals surface area contributed by atoms with E-state index in [2.05, 4.69) is 5.32 Å². The molecule has 1 aliphatic heterocycles. The topological polar surface area (TPSA) is 66.5 Å². The number of hydrogen-bond donors (Lipinski definition) is 1. The van der Waals surface area contributed by atoms with Gasteiger partial charge in [0.1, 0.15) is 11.7 Å². The molecule has 0 bridgehead atoms. The molecule has 0 radical (unpaired) electrons. The maximum Gasteiger partial charge on any atom is 0.331 e. The number of barbiturate groups is 1. The Morgan fingerprint density at radius 3 is 2.43 bits per heavy atom. The molecular formula is C15H17FN2O3. The number of nitrogens with one attached hydrogen (secondary N) is 1. The van der Waals surface area contributed by atoms with Gasteiger partial charge in [0.2, 0.25) is 11.8 Å². The fourth-order valence-electron chi connectivity index (χ4n) is 2.43. The molecule has 4 amide bonds. The second-order valence-electron chi connectivity index (χ2n) is 5.07. The molecule has 2 unspecified atom stereocenters. The predicted octanol–water partition coefficient (Wildman–Crippen LogP) is 2.38. The summed E-state index contributed by atoms with van der Waals surface area (Å²) < 4.78 is 13.0. The molecule has 0 aromatic heterocycles. The van der Waals surface area contributed by atoms with Crippen molar-refractivity contribution in [1.29, 1.82) is 0 Å². The summed E-state index contributed by atoms with van der Waals surface area (Å²) in [5.74, 6) is -2.27. The number of amides is 4. The highest BCUT2D eigenvalue weighted by Crippen LogP contribution is 2.26. The number of nitrogens with zero attached hydrogens (tertiary/aromatic N) is 1. The second-order valence-corrected chi connectivity index (χ2v) is 5.07. The van der Waals surface area contributed by atoms with Crippen LogP contribution in [-0.2, 0) is 9.59 Å². The van der Waals surface area contributed by atoms with E-state index in [-0.39, 0.29) is 5.82 Å². The van der Waals surface area contributed by atoms with Gasteiger partial charge >= 0.3 is 6.03 Å². The molecule has 1 aromatic rings. The van der Waals surface area contributed by atoms with Crippen LogP contribution < -0.4 is 5.32 Å². The molecule has 0 aliphatic carbocycles. The summed E-state index contributed by atoms with van der Waals surface area (Å²) in [7, 11) is 0. The van der Waals surface area contributed by atoms with Gasteiger partial charge in [0.15, 0.2) is 0 Å². The lowest BCUT2D eigenvalue weighted by atomic mass is 9.97. The van der Waals surface area contributed by atoms with Crippen molar-refractivity contribution in [2.75, 3.05) is 0 Å². The minimum Gasteiger partial charge on any atom is -0.277 e. The van der Waals surface area contributed by atoms with Gasteiger partial charge < -0.3 is 0 Å². The quantitative estimate of drug-likeness (QED) is 0.866. The van der Waals surface area contributed by atoms with E-state index in [1.807, 2.05) is 6.92 Å². The van der Waals surface area contributed by atoms with Crippen LogP contribution >= 0.6 is 0 Å². The van der Waals surface area contributed by atoms with E-state index in [1.165, 1.54) is 24.3 Å². The Hall–Kier alpha value is -2.24. The number of halogens is 1. The van der Waals surface area contributed by atoms with E-state index < -0.39 is 29.8 Å². The summed E-state index contributed by atoms with van der Waals surface area (Å²) in [5.41, 5.74) is 0.629. The Bertz CT molecular complexity index is 571. The van der Waals surface area contributed by atoms with E-state index in [1.54, 1.807) is 6.92 Å². The van der Waals surface area contributed by atoms with Gasteiger partial charge in [-0.2, -0.15) is 0 Å². The van der Waals surface area contributed by atoms with E-state index in [4.69, 9.17) is 0 Å². The molecule has 1 aromatic carbocycles. The molecule has 1 N–H and O–H groups in total. The first-order chi connectivity index (χ1) is 9.95. The zero-order chi connectivity index (χ0) is 15.6. The number of hydrogen-bond acceptors (Lipinski definition) is 3. The minimum atomic E-state index is -0.837. The fraction of sp³-hybridized carbons (Fsp3) is 0.400. The van der Waals surface area contributed by atoms with E-state index in [0.29, 0.717) is 18.4 Å². The van der Waals surface area contributed by atoms with Gasteiger partial charge in [-0.15, -0.1) is 0 Å². The molecule has 2 rings (SSSR count). The van der Waals surface area contributed by atoms with Crippen LogP contribution in [0.1, 0.15) is 38.3 Å². The van der Waals surface area contributed by atoms with Crippen molar-refractivity contribution in [3.63, 3.8) is 0 Å². The Kier molecular flexibility index (Phi) is 4.35.